The summed E-state index contributed by atoms with van der Waals surface area (Å²) in [5, 5.41) is 11.7. The van der Waals surface area contributed by atoms with E-state index in [0.717, 1.165) is 23.7 Å². The van der Waals surface area contributed by atoms with E-state index in [1.165, 1.54) is 16.9 Å². The summed E-state index contributed by atoms with van der Waals surface area (Å²) in [5.74, 6) is -0.904. The Labute approximate surface area is 198 Å². The van der Waals surface area contributed by atoms with Gasteiger partial charge in [-0.15, -0.1) is 11.3 Å². The maximum Gasteiger partial charge on any atom is 0.290 e. The van der Waals surface area contributed by atoms with Crippen LogP contribution in [0, 0.1) is 13.8 Å². The average molecular weight is 470 g/mol. The second-order valence-corrected chi connectivity index (χ2v) is 10.1. The van der Waals surface area contributed by atoms with Crippen molar-refractivity contribution in [3.05, 3.63) is 62.3 Å². The van der Waals surface area contributed by atoms with Crippen molar-refractivity contribution in [2.75, 3.05) is 39.4 Å². The van der Waals surface area contributed by atoms with Gasteiger partial charge in [0, 0.05) is 26.2 Å². The van der Waals surface area contributed by atoms with Gasteiger partial charge >= 0.3 is 0 Å². The van der Waals surface area contributed by atoms with E-state index in [1.807, 2.05) is 31.2 Å². The Hall–Kier alpha value is -2.55. The number of ketones is 1. The van der Waals surface area contributed by atoms with Gasteiger partial charge in [-0.05, 0) is 30.9 Å². The number of aliphatic hydroxyl groups is 1. The Bertz CT molecular complexity index is 1070. The zero-order valence-corrected chi connectivity index (χ0v) is 20.4. The Morgan fingerprint density at radius 2 is 1.85 bits per heavy atom. The molecule has 3 heterocycles. The predicted molar refractivity (Wildman–Crippen MR) is 128 cm³/mol. The molecule has 2 aliphatic heterocycles. The van der Waals surface area contributed by atoms with Crippen LogP contribution in [-0.2, 0) is 9.53 Å². The minimum absolute atomic E-state index is 0.144. The molecule has 4 rings (SSSR count). The highest BCUT2D eigenvalue weighted by Crippen LogP contribution is 2.40. The lowest BCUT2D eigenvalue weighted by Crippen LogP contribution is -2.43. The fourth-order valence-corrected chi connectivity index (χ4v) is 5.34. The first-order valence-electron chi connectivity index (χ1n) is 11.4. The molecule has 33 heavy (non-hydrogen) atoms. The van der Waals surface area contributed by atoms with Gasteiger partial charge in [0.15, 0.2) is 5.76 Å². The first kappa shape index (κ1) is 23.6. The van der Waals surface area contributed by atoms with Crippen molar-refractivity contribution < 1.29 is 19.4 Å². The number of nitrogens with zero attached hydrogens (tertiary/aromatic N) is 3. The van der Waals surface area contributed by atoms with Crippen molar-refractivity contribution in [1.29, 1.82) is 0 Å². The molecule has 0 radical (unpaired) electrons. The van der Waals surface area contributed by atoms with Gasteiger partial charge < -0.3 is 14.7 Å². The summed E-state index contributed by atoms with van der Waals surface area (Å²) in [6.45, 7) is 11.9. The van der Waals surface area contributed by atoms with Crippen LogP contribution in [-0.4, -0.2) is 71.0 Å². The van der Waals surface area contributed by atoms with Crippen molar-refractivity contribution in [2.45, 2.75) is 39.7 Å². The van der Waals surface area contributed by atoms with Crippen molar-refractivity contribution >= 4 is 23.0 Å². The molecule has 1 saturated heterocycles. The summed E-state index contributed by atoms with van der Waals surface area (Å²) in [5.41, 5.74) is 2.76. The Morgan fingerprint density at radius 3 is 2.42 bits per heavy atom. The molecule has 7 nitrogen and oxygen atoms in total. The van der Waals surface area contributed by atoms with Crippen molar-refractivity contribution in [2.24, 2.45) is 0 Å². The molecule has 1 aromatic carbocycles. The van der Waals surface area contributed by atoms with Crippen molar-refractivity contribution in [1.82, 2.24) is 14.8 Å². The van der Waals surface area contributed by atoms with Crippen LogP contribution in [0.4, 0.5) is 0 Å². The Morgan fingerprint density at radius 1 is 1.18 bits per heavy atom. The molecule has 0 bridgehead atoms. The highest BCUT2D eigenvalue weighted by molar-refractivity contribution is 7.14. The predicted octanol–water partition coefficient (Wildman–Crippen LogP) is 3.79. The summed E-state index contributed by atoms with van der Waals surface area (Å²) < 4.78 is 5.42. The fraction of sp³-hybridized carbons (Fsp3) is 0.480. The molecular formula is C25H31N3O4S. The lowest BCUT2D eigenvalue weighted by atomic mass is 9.93. The van der Waals surface area contributed by atoms with Crippen LogP contribution < -0.4 is 0 Å². The van der Waals surface area contributed by atoms with E-state index in [-0.39, 0.29) is 11.4 Å². The number of morpholine rings is 1. The van der Waals surface area contributed by atoms with Crippen LogP contribution in [0.1, 0.15) is 57.3 Å². The smallest absolute Gasteiger partial charge is 0.290 e. The first-order valence-corrected chi connectivity index (χ1v) is 12.2. The number of aryl methyl sites for hydroxylation is 2. The number of hydrogen-bond acceptors (Lipinski definition) is 7. The Kier molecular flexibility index (Phi) is 6.97. The molecule has 1 aromatic heterocycles. The molecule has 2 aromatic rings. The number of benzene rings is 1. The standard InChI is InChI=1S/C25H31N3O4S/c1-15(2)18-5-7-19(8-6-18)21-20(22(29)24-16(3)26-17(4)33-24)23(30)25(31)28(21)10-9-27-11-13-32-14-12-27/h5-8,15,21,30H,9-14H2,1-4H3/t21-/m0/s1. The largest absolute Gasteiger partial charge is 0.503 e. The molecule has 2 aliphatic rings. The van der Waals surface area contributed by atoms with Gasteiger partial charge in [0.1, 0.15) is 0 Å². The third kappa shape index (κ3) is 4.74. The summed E-state index contributed by atoms with van der Waals surface area (Å²) in [7, 11) is 0. The number of aromatic nitrogens is 1. The van der Waals surface area contributed by atoms with Crippen LogP contribution in [0.15, 0.2) is 35.6 Å². The van der Waals surface area contributed by atoms with E-state index in [2.05, 4.69) is 23.7 Å². The number of ether oxygens (including phenoxy) is 1. The fourth-order valence-electron chi connectivity index (χ4n) is 4.46. The van der Waals surface area contributed by atoms with Gasteiger partial charge in [-0.3, -0.25) is 14.5 Å². The molecular weight excluding hydrogens is 438 g/mol. The second-order valence-electron chi connectivity index (χ2n) is 8.92. The van der Waals surface area contributed by atoms with Crippen molar-refractivity contribution in [3.63, 3.8) is 0 Å². The van der Waals surface area contributed by atoms with Gasteiger partial charge in [0.05, 0.1) is 40.4 Å². The normalized spacial score (nSPS) is 19.7. The third-order valence-corrected chi connectivity index (χ3v) is 7.41. The van der Waals surface area contributed by atoms with E-state index in [4.69, 9.17) is 4.74 Å². The van der Waals surface area contributed by atoms with Gasteiger partial charge in [-0.1, -0.05) is 38.1 Å². The van der Waals surface area contributed by atoms with Crippen LogP contribution in [0.5, 0.6) is 0 Å². The van der Waals surface area contributed by atoms with E-state index in [0.29, 0.717) is 42.8 Å². The average Bonchev–Trinajstić information content (AvgIpc) is 3.28. The van der Waals surface area contributed by atoms with Crippen LogP contribution in [0.25, 0.3) is 0 Å². The number of hydrogen-bond donors (Lipinski definition) is 1. The highest BCUT2D eigenvalue weighted by Gasteiger charge is 2.44. The molecule has 1 atom stereocenters. The zero-order valence-electron chi connectivity index (χ0n) is 19.6. The SMILES string of the molecule is Cc1nc(C)c(C(=O)C2=C(O)C(=O)N(CCN3CCOCC3)[C@H]2c2ccc(C(C)C)cc2)s1. The zero-order chi connectivity index (χ0) is 23.7. The molecule has 1 N–H and O–H groups in total. The van der Waals surface area contributed by atoms with Gasteiger partial charge in [-0.25, -0.2) is 4.98 Å². The summed E-state index contributed by atoms with van der Waals surface area (Å²) >= 11 is 1.30. The first-order chi connectivity index (χ1) is 15.8. The van der Waals surface area contributed by atoms with E-state index < -0.39 is 17.7 Å². The summed E-state index contributed by atoms with van der Waals surface area (Å²) in [6, 6.07) is 7.36. The molecule has 0 aliphatic carbocycles. The molecule has 0 spiro atoms. The number of carbonyl (C=O) groups excluding carboxylic acids is 2. The molecule has 8 heteroatoms. The lowest BCUT2D eigenvalue weighted by molar-refractivity contribution is -0.129. The Balaban J connectivity index is 1.70. The van der Waals surface area contributed by atoms with Crippen LogP contribution in [0.2, 0.25) is 0 Å². The number of Topliss-reactive ketones (excluding diaryl/α,β-unsaturated/α-hetero) is 1. The van der Waals surface area contributed by atoms with E-state index in [1.54, 1.807) is 11.8 Å². The lowest BCUT2D eigenvalue weighted by Gasteiger charge is -2.31. The second kappa shape index (κ2) is 9.75. The summed E-state index contributed by atoms with van der Waals surface area (Å²) in [6.07, 6.45) is 0. The topological polar surface area (TPSA) is 83.0 Å². The number of aliphatic hydroxyl groups excluding tert-OH is 1. The number of rotatable bonds is 7. The minimum Gasteiger partial charge on any atom is -0.503 e. The summed E-state index contributed by atoms with van der Waals surface area (Å²) in [4.78, 5) is 35.5. The monoisotopic (exact) mass is 469 g/mol. The molecule has 0 saturated carbocycles. The molecule has 0 unspecified atom stereocenters. The van der Waals surface area contributed by atoms with Gasteiger partial charge in [-0.2, -0.15) is 0 Å². The van der Waals surface area contributed by atoms with Crippen LogP contribution >= 0.6 is 11.3 Å². The molecule has 1 fully saturated rings. The van der Waals surface area contributed by atoms with Crippen molar-refractivity contribution in [3.8, 4) is 0 Å². The van der Waals surface area contributed by atoms with Gasteiger partial charge in [0.25, 0.3) is 5.91 Å². The number of amides is 1. The molecule has 1 amide bonds. The van der Waals surface area contributed by atoms with E-state index in [9.17, 15) is 14.7 Å². The maximum absolute atomic E-state index is 13.6. The molecule has 176 valence electrons. The minimum atomic E-state index is -0.631. The quantitative estimate of drug-likeness (QED) is 0.621. The van der Waals surface area contributed by atoms with Gasteiger partial charge in [0.2, 0.25) is 5.78 Å². The third-order valence-electron chi connectivity index (χ3n) is 6.34. The van der Waals surface area contributed by atoms with E-state index >= 15 is 0 Å². The number of carbonyl (C=O) groups is 2. The highest BCUT2D eigenvalue weighted by atomic mass is 32.1. The number of thiazole rings is 1. The maximum atomic E-state index is 13.6. The van der Waals surface area contributed by atoms with Crippen LogP contribution in [0.3, 0.4) is 0 Å².